The molecule has 5 rings (SSSR count). The van der Waals surface area contributed by atoms with Gasteiger partial charge in [0, 0.05) is 38.8 Å². The van der Waals surface area contributed by atoms with E-state index >= 15 is 8.78 Å². The molecular formula is C21H19ClF2N6O. The van der Waals surface area contributed by atoms with E-state index in [4.69, 9.17) is 16.3 Å². The third-order valence-electron chi connectivity index (χ3n) is 5.62. The van der Waals surface area contributed by atoms with E-state index in [2.05, 4.69) is 20.3 Å². The molecule has 4 aromatic rings. The molecule has 2 aromatic heterocycles. The van der Waals surface area contributed by atoms with E-state index in [9.17, 15) is 0 Å². The normalized spacial score (nSPS) is 14.5. The number of rotatable bonds is 3. The number of fused-ring (bicyclic) bond motifs is 2. The van der Waals surface area contributed by atoms with Gasteiger partial charge in [-0.1, -0.05) is 11.6 Å². The topological polar surface area (TPSA) is 68.1 Å². The Kier molecular flexibility index (Phi) is 4.86. The third kappa shape index (κ3) is 2.99. The Morgan fingerprint density at radius 1 is 1.06 bits per heavy atom. The zero-order valence-corrected chi connectivity index (χ0v) is 17.7. The highest BCUT2D eigenvalue weighted by Gasteiger charge is 2.29. The van der Waals surface area contributed by atoms with E-state index < -0.39 is 11.6 Å². The average Bonchev–Trinajstić information content (AvgIpc) is 3.16. The molecule has 0 spiro atoms. The summed E-state index contributed by atoms with van der Waals surface area (Å²) < 4.78 is 38.3. The molecule has 1 N–H and O–H groups in total. The Morgan fingerprint density at radius 3 is 2.58 bits per heavy atom. The van der Waals surface area contributed by atoms with Crippen molar-refractivity contribution in [1.29, 1.82) is 0 Å². The Morgan fingerprint density at radius 2 is 1.84 bits per heavy atom. The lowest BCUT2D eigenvalue weighted by molar-refractivity contribution is 0.419. The van der Waals surface area contributed by atoms with Crippen LogP contribution in [0.25, 0.3) is 33.1 Å². The van der Waals surface area contributed by atoms with Gasteiger partial charge in [0.2, 0.25) is 0 Å². The van der Waals surface area contributed by atoms with Crippen LogP contribution in [-0.2, 0) is 7.05 Å². The lowest BCUT2D eigenvalue weighted by Crippen LogP contribution is -2.44. The molecule has 3 heterocycles. The zero-order chi connectivity index (χ0) is 21.7. The number of methoxy groups -OCH3 is 1. The van der Waals surface area contributed by atoms with Crippen LogP contribution in [0.3, 0.4) is 0 Å². The largest absolute Gasteiger partial charge is 0.494 e. The van der Waals surface area contributed by atoms with Crippen molar-refractivity contribution in [3.05, 3.63) is 41.4 Å². The van der Waals surface area contributed by atoms with E-state index in [1.807, 2.05) is 4.90 Å². The van der Waals surface area contributed by atoms with Crippen LogP contribution in [0.4, 0.5) is 14.6 Å². The number of imidazole rings is 1. The molecule has 0 atom stereocenters. The van der Waals surface area contributed by atoms with E-state index in [1.165, 1.54) is 19.5 Å². The predicted molar refractivity (Wildman–Crippen MR) is 116 cm³/mol. The molecule has 1 aliphatic rings. The van der Waals surface area contributed by atoms with Crippen LogP contribution in [0.2, 0.25) is 5.02 Å². The van der Waals surface area contributed by atoms with Crippen LogP contribution in [0.5, 0.6) is 5.75 Å². The Labute approximate surface area is 181 Å². The van der Waals surface area contributed by atoms with Crippen molar-refractivity contribution < 1.29 is 13.5 Å². The van der Waals surface area contributed by atoms with Crippen LogP contribution < -0.4 is 15.0 Å². The average molecular weight is 445 g/mol. The number of nitrogens with one attached hydrogen (secondary N) is 1. The Bertz CT molecular complexity index is 1320. The molecule has 0 amide bonds. The second-order valence-corrected chi connectivity index (χ2v) is 7.72. The monoisotopic (exact) mass is 444 g/mol. The van der Waals surface area contributed by atoms with Gasteiger partial charge in [-0.3, -0.25) is 0 Å². The lowest BCUT2D eigenvalue weighted by Gasteiger charge is -2.29. The number of hydrogen-bond donors (Lipinski definition) is 1. The number of aromatic nitrogens is 4. The first-order valence-corrected chi connectivity index (χ1v) is 10.2. The second-order valence-electron chi connectivity index (χ2n) is 7.34. The molecule has 1 fully saturated rings. The van der Waals surface area contributed by atoms with Gasteiger partial charge in [0.25, 0.3) is 0 Å². The van der Waals surface area contributed by atoms with Gasteiger partial charge in [0.05, 0.1) is 40.4 Å². The van der Waals surface area contributed by atoms with Crippen LogP contribution in [0, 0.1) is 11.6 Å². The summed E-state index contributed by atoms with van der Waals surface area (Å²) in [6.45, 7) is 2.93. The van der Waals surface area contributed by atoms with Gasteiger partial charge in [-0.05, 0) is 12.1 Å². The molecule has 0 radical (unpaired) electrons. The van der Waals surface area contributed by atoms with Crippen molar-refractivity contribution in [2.75, 3.05) is 38.2 Å². The molecule has 160 valence electrons. The van der Waals surface area contributed by atoms with Crippen LogP contribution in [0.15, 0.2) is 24.8 Å². The SMILES string of the molecule is COc1c(Cl)c(-c2c(F)ccc3c2ncn3C)c(F)c2ncnc(N3CCNCC3)c12. The molecular weight excluding hydrogens is 426 g/mol. The fourth-order valence-electron chi connectivity index (χ4n) is 4.13. The minimum absolute atomic E-state index is 0.0205. The highest BCUT2D eigenvalue weighted by molar-refractivity contribution is 6.37. The number of hydrogen-bond acceptors (Lipinski definition) is 6. The number of anilines is 1. The number of piperazine rings is 1. The summed E-state index contributed by atoms with van der Waals surface area (Å²) in [4.78, 5) is 14.9. The number of nitrogens with zero attached hydrogens (tertiary/aromatic N) is 5. The van der Waals surface area contributed by atoms with Crippen molar-refractivity contribution in [1.82, 2.24) is 24.8 Å². The maximum absolute atomic E-state index is 15.9. The summed E-state index contributed by atoms with van der Waals surface area (Å²) in [7, 11) is 3.22. The van der Waals surface area contributed by atoms with Gasteiger partial charge in [-0.2, -0.15) is 0 Å². The minimum Gasteiger partial charge on any atom is -0.494 e. The van der Waals surface area contributed by atoms with Gasteiger partial charge in [-0.15, -0.1) is 0 Å². The molecule has 7 nitrogen and oxygen atoms in total. The first kappa shape index (κ1) is 19.9. The van der Waals surface area contributed by atoms with Crippen LogP contribution in [-0.4, -0.2) is 52.8 Å². The van der Waals surface area contributed by atoms with Crippen molar-refractivity contribution in [2.45, 2.75) is 0 Å². The summed E-state index contributed by atoms with van der Waals surface area (Å²) in [5.74, 6) is -0.636. The molecule has 1 saturated heterocycles. The van der Waals surface area contributed by atoms with E-state index in [-0.39, 0.29) is 27.4 Å². The quantitative estimate of drug-likeness (QED) is 0.521. The summed E-state index contributed by atoms with van der Waals surface area (Å²) in [6, 6.07) is 2.87. The molecule has 0 bridgehead atoms. The first-order valence-electron chi connectivity index (χ1n) is 9.78. The number of benzene rings is 2. The molecule has 1 aliphatic heterocycles. The van der Waals surface area contributed by atoms with Crippen LogP contribution in [0.1, 0.15) is 0 Å². The molecule has 0 saturated carbocycles. The maximum Gasteiger partial charge on any atom is 0.159 e. The Balaban J connectivity index is 1.86. The molecule has 2 aromatic carbocycles. The van der Waals surface area contributed by atoms with Crippen molar-refractivity contribution >= 4 is 39.4 Å². The fourth-order valence-corrected chi connectivity index (χ4v) is 4.48. The van der Waals surface area contributed by atoms with Crippen molar-refractivity contribution in [2.24, 2.45) is 7.05 Å². The van der Waals surface area contributed by atoms with Gasteiger partial charge >= 0.3 is 0 Å². The minimum atomic E-state index is -0.739. The van der Waals surface area contributed by atoms with Crippen LogP contribution >= 0.6 is 11.6 Å². The number of ether oxygens (including phenoxy) is 1. The van der Waals surface area contributed by atoms with Crippen molar-refractivity contribution in [3.8, 4) is 16.9 Å². The van der Waals surface area contributed by atoms with Gasteiger partial charge in [0.1, 0.15) is 23.5 Å². The summed E-state index contributed by atoms with van der Waals surface area (Å²) in [5.41, 5.74) is 0.823. The Hall–Kier alpha value is -3.04. The molecule has 10 heteroatoms. The van der Waals surface area contributed by atoms with E-state index in [0.717, 1.165) is 13.1 Å². The molecule has 0 aliphatic carbocycles. The summed E-state index contributed by atoms with van der Waals surface area (Å²) >= 11 is 6.67. The number of halogens is 3. The first-order chi connectivity index (χ1) is 15.0. The molecule has 0 unspecified atom stereocenters. The van der Waals surface area contributed by atoms with E-state index in [0.29, 0.717) is 35.3 Å². The summed E-state index contributed by atoms with van der Waals surface area (Å²) in [5, 5.41) is 3.59. The van der Waals surface area contributed by atoms with Crippen molar-refractivity contribution in [3.63, 3.8) is 0 Å². The zero-order valence-electron chi connectivity index (χ0n) is 16.9. The lowest BCUT2D eigenvalue weighted by atomic mass is 9.99. The standard InChI is InChI=1S/C21H19ClF2N6O/c1-29-10-28-18-12(29)4-3-11(23)13(18)14-16(22)20(31-2)15-19(17(14)24)26-9-27-21(15)30-7-5-25-6-8-30/h3-4,9-10,25H,5-8H2,1-2H3. The second kappa shape index (κ2) is 7.58. The summed E-state index contributed by atoms with van der Waals surface area (Å²) in [6.07, 6.45) is 2.85. The smallest absolute Gasteiger partial charge is 0.159 e. The predicted octanol–water partition coefficient (Wildman–Crippen LogP) is 3.53. The van der Waals surface area contributed by atoms with Gasteiger partial charge in [-0.25, -0.2) is 23.7 Å². The molecule has 31 heavy (non-hydrogen) atoms. The van der Waals surface area contributed by atoms with Gasteiger partial charge < -0.3 is 19.5 Å². The highest BCUT2D eigenvalue weighted by atomic mass is 35.5. The number of aryl methyl sites for hydroxylation is 1. The maximum atomic E-state index is 15.9. The van der Waals surface area contributed by atoms with Gasteiger partial charge in [0.15, 0.2) is 11.6 Å². The van der Waals surface area contributed by atoms with E-state index in [1.54, 1.807) is 24.0 Å². The fraction of sp³-hybridized carbons (Fsp3) is 0.286. The highest BCUT2D eigenvalue weighted by Crippen LogP contribution is 2.47. The third-order valence-corrected chi connectivity index (χ3v) is 5.98.